The standard InChI is InChI=1S/C13H23F3N2O2/c1-10(2)8-18-6-4-12(5-7-18,11(19)20-3)17-9-13(14,15)16/h10,17H,4-9H2,1-3H3. The molecule has 1 aliphatic heterocycles. The Morgan fingerprint density at radius 2 is 1.90 bits per heavy atom. The number of carbonyl (C=O) groups is 1. The number of carbonyl (C=O) groups excluding carboxylic acids is 1. The van der Waals surface area contributed by atoms with Crippen LogP contribution in [0, 0.1) is 5.92 Å². The van der Waals surface area contributed by atoms with E-state index in [4.69, 9.17) is 0 Å². The highest BCUT2D eigenvalue weighted by Gasteiger charge is 2.44. The summed E-state index contributed by atoms with van der Waals surface area (Å²) in [6, 6.07) is 0. The molecule has 20 heavy (non-hydrogen) atoms. The molecule has 0 atom stereocenters. The van der Waals surface area contributed by atoms with Gasteiger partial charge in [-0.2, -0.15) is 13.2 Å². The molecule has 0 saturated carbocycles. The lowest BCUT2D eigenvalue weighted by molar-refractivity contribution is -0.156. The number of likely N-dealkylation sites (tertiary alicyclic amines) is 1. The molecule has 0 aromatic carbocycles. The van der Waals surface area contributed by atoms with Crippen LogP contribution in [0.4, 0.5) is 13.2 Å². The number of hydrogen-bond acceptors (Lipinski definition) is 4. The van der Waals surface area contributed by atoms with Crippen LogP contribution in [-0.2, 0) is 9.53 Å². The number of methoxy groups -OCH3 is 1. The molecule has 4 nitrogen and oxygen atoms in total. The molecule has 0 unspecified atom stereocenters. The number of ether oxygens (including phenoxy) is 1. The minimum atomic E-state index is -4.34. The molecule has 0 amide bonds. The summed E-state index contributed by atoms with van der Waals surface area (Å²) in [6.45, 7) is 5.08. The molecule has 0 aromatic rings. The second kappa shape index (κ2) is 6.76. The van der Waals surface area contributed by atoms with E-state index in [2.05, 4.69) is 28.8 Å². The van der Waals surface area contributed by atoms with Gasteiger partial charge in [-0.15, -0.1) is 0 Å². The zero-order chi connectivity index (χ0) is 15.4. The molecule has 0 bridgehead atoms. The zero-order valence-corrected chi connectivity index (χ0v) is 12.2. The van der Waals surface area contributed by atoms with Crippen molar-refractivity contribution in [2.24, 2.45) is 5.92 Å². The average molecular weight is 296 g/mol. The SMILES string of the molecule is COC(=O)C1(NCC(F)(F)F)CCN(CC(C)C)CC1. The molecule has 1 rings (SSSR count). The van der Waals surface area contributed by atoms with Crippen LogP contribution in [0.2, 0.25) is 0 Å². The van der Waals surface area contributed by atoms with E-state index in [0.717, 1.165) is 6.54 Å². The molecular formula is C13H23F3N2O2. The molecule has 1 aliphatic rings. The number of nitrogens with one attached hydrogen (secondary N) is 1. The highest BCUT2D eigenvalue weighted by molar-refractivity contribution is 5.81. The second-order valence-corrected chi connectivity index (χ2v) is 5.74. The molecule has 0 aliphatic carbocycles. The molecule has 0 spiro atoms. The summed E-state index contributed by atoms with van der Waals surface area (Å²) in [5.41, 5.74) is -1.21. The lowest BCUT2D eigenvalue weighted by Gasteiger charge is -2.40. The summed E-state index contributed by atoms with van der Waals surface area (Å²) in [6.07, 6.45) is -3.67. The van der Waals surface area contributed by atoms with Crippen LogP contribution in [0.3, 0.4) is 0 Å². The summed E-state index contributed by atoms with van der Waals surface area (Å²) in [7, 11) is 1.21. The van der Waals surface area contributed by atoms with Crippen LogP contribution in [-0.4, -0.2) is 55.9 Å². The number of piperidine rings is 1. The Kier molecular flexibility index (Phi) is 5.82. The smallest absolute Gasteiger partial charge is 0.401 e. The van der Waals surface area contributed by atoms with E-state index in [1.165, 1.54) is 7.11 Å². The van der Waals surface area contributed by atoms with Crippen molar-refractivity contribution in [3.05, 3.63) is 0 Å². The third kappa shape index (κ3) is 4.94. The van der Waals surface area contributed by atoms with Gasteiger partial charge in [0.05, 0.1) is 13.7 Å². The Morgan fingerprint density at radius 1 is 1.35 bits per heavy atom. The molecule has 0 radical (unpaired) electrons. The highest BCUT2D eigenvalue weighted by atomic mass is 19.4. The van der Waals surface area contributed by atoms with Crippen molar-refractivity contribution >= 4 is 5.97 Å². The summed E-state index contributed by atoms with van der Waals surface area (Å²) < 4.78 is 41.8. The predicted molar refractivity (Wildman–Crippen MR) is 69.3 cm³/mol. The van der Waals surface area contributed by atoms with Crippen molar-refractivity contribution in [1.29, 1.82) is 0 Å². The Hall–Kier alpha value is -0.820. The fourth-order valence-electron chi connectivity index (χ4n) is 2.55. The van der Waals surface area contributed by atoms with Crippen LogP contribution >= 0.6 is 0 Å². The van der Waals surface area contributed by atoms with Crippen molar-refractivity contribution in [1.82, 2.24) is 10.2 Å². The Labute approximate surface area is 117 Å². The maximum Gasteiger partial charge on any atom is 0.401 e. The first-order valence-corrected chi connectivity index (χ1v) is 6.81. The summed E-state index contributed by atoms with van der Waals surface area (Å²) >= 11 is 0. The second-order valence-electron chi connectivity index (χ2n) is 5.74. The van der Waals surface area contributed by atoms with Gasteiger partial charge in [0.1, 0.15) is 5.54 Å². The van der Waals surface area contributed by atoms with E-state index >= 15 is 0 Å². The van der Waals surface area contributed by atoms with Gasteiger partial charge >= 0.3 is 12.1 Å². The van der Waals surface area contributed by atoms with Crippen LogP contribution < -0.4 is 5.32 Å². The van der Waals surface area contributed by atoms with E-state index in [-0.39, 0.29) is 0 Å². The van der Waals surface area contributed by atoms with Gasteiger partial charge in [-0.05, 0) is 18.8 Å². The van der Waals surface area contributed by atoms with Gasteiger partial charge in [-0.25, -0.2) is 0 Å². The van der Waals surface area contributed by atoms with Crippen LogP contribution in [0.25, 0.3) is 0 Å². The molecule has 1 saturated heterocycles. The molecule has 7 heteroatoms. The van der Waals surface area contributed by atoms with E-state index in [1.807, 2.05) is 0 Å². The summed E-state index contributed by atoms with van der Waals surface area (Å²) in [5.74, 6) is -0.116. The van der Waals surface area contributed by atoms with E-state index in [9.17, 15) is 18.0 Å². The molecule has 1 heterocycles. The number of alkyl halides is 3. The number of halogens is 3. The maximum absolute atomic E-state index is 12.4. The van der Waals surface area contributed by atoms with Gasteiger partial charge in [0, 0.05) is 19.6 Å². The molecule has 118 valence electrons. The van der Waals surface area contributed by atoms with Crippen LogP contribution in [0.5, 0.6) is 0 Å². The van der Waals surface area contributed by atoms with Gasteiger partial charge < -0.3 is 9.64 Å². The van der Waals surface area contributed by atoms with Gasteiger partial charge in [0.25, 0.3) is 0 Å². The number of esters is 1. The topological polar surface area (TPSA) is 41.6 Å². The number of hydrogen-bond donors (Lipinski definition) is 1. The van der Waals surface area contributed by atoms with Gasteiger partial charge in [0.15, 0.2) is 0 Å². The van der Waals surface area contributed by atoms with Gasteiger partial charge in [-0.3, -0.25) is 10.1 Å². The van der Waals surface area contributed by atoms with Gasteiger partial charge in [-0.1, -0.05) is 13.8 Å². The van der Waals surface area contributed by atoms with E-state index in [0.29, 0.717) is 31.8 Å². The minimum Gasteiger partial charge on any atom is -0.468 e. The third-order valence-corrected chi connectivity index (χ3v) is 3.54. The predicted octanol–water partition coefficient (Wildman–Crippen LogP) is 1.80. The molecular weight excluding hydrogens is 273 g/mol. The highest BCUT2D eigenvalue weighted by Crippen LogP contribution is 2.26. The van der Waals surface area contributed by atoms with Gasteiger partial charge in [0.2, 0.25) is 0 Å². The summed E-state index contributed by atoms with van der Waals surface area (Å²) in [4.78, 5) is 14.0. The molecule has 1 N–H and O–H groups in total. The van der Waals surface area contributed by atoms with Crippen molar-refractivity contribution in [3.63, 3.8) is 0 Å². The van der Waals surface area contributed by atoms with E-state index < -0.39 is 24.2 Å². The Morgan fingerprint density at radius 3 is 2.30 bits per heavy atom. The zero-order valence-electron chi connectivity index (χ0n) is 12.2. The van der Waals surface area contributed by atoms with Crippen molar-refractivity contribution in [3.8, 4) is 0 Å². The number of nitrogens with zero attached hydrogens (tertiary/aromatic N) is 1. The largest absolute Gasteiger partial charge is 0.468 e. The lowest BCUT2D eigenvalue weighted by atomic mass is 9.87. The normalized spacial score (nSPS) is 20.1. The third-order valence-electron chi connectivity index (χ3n) is 3.54. The van der Waals surface area contributed by atoms with Crippen molar-refractivity contribution in [2.75, 3.05) is 33.3 Å². The van der Waals surface area contributed by atoms with Crippen LogP contribution in [0.15, 0.2) is 0 Å². The lowest BCUT2D eigenvalue weighted by Crippen LogP contribution is -2.60. The van der Waals surface area contributed by atoms with Crippen molar-refractivity contribution in [2.45, 2.75) is 38.4 Å². The van der Waals surface area contributed by atoms with E-state index in [1.54, 1.807) is 0 Å². The molecule has 0 aromatic heterocycles. The first kappa shape index (κ1) is 17.2. The first-order valence-electron chi connectivity index (χ1n) is 6.81. The van der Waals surface area contributed by atoms with Crippen molar-refractivity contribution < 1.29 is 22.7 Å². The summed E-state index contributed by atoms with van der Waals surface area (Å²) in [5, 5.41) is 2.37. The number of rotatable bonds is 5. The fraction of sp³-hybridized carbons (Fsp3) is 0.923. The quantitative estimate of drug-likeness (QED) is 0.786. The van der Waals surface area contributed by atoms with Crippen LogP contribution in [0.1, 0.15) is 26.7 Å². The maximum atomic E-state index is 12.4. The molecule has 1 fully saturated rings. The first-order chi connectivity index (χ1) is 9.18. The average Bonchev–Trinajstić information content (AvgIpc) is 2.36. The Balaban J connectivity index is 2.66. The minimum absolute atomic E-state index is 0.336. The Bertz CT molecular complexity index is 324. The monoisotopic (exact) mass is 296 g/mol. The fourth-order valence-corrected chi connectivity index (χ4v) is 2.55.